The number of aromatic nitrogens is 3. The predicted octanol–water partition coefficient (Wildman–Crippen LogP) is 2.65. The zero-order valence-electron chi connectivity index (χ0n) is 16.4. The largest absolute Gasteiger partial charge is 0.325 e. The number of amides is 1. The number of thioether (sulfide) groups is 1. The third kappa shape index (κ3) is 5.14. The number of nitrogens with zero attached hydrogens (tertiary/aromatic N) is 3. The molecule has 0 bridgehead atoms. The Morgan fingerprint density at radius 1 is 1.32 bits per heavy atom. The number of anilines is 1. The monoisotopic (exact) mass is 422 g/mol. The van der Waals surface area contributed by atoms with Gasteiger partial charge in [-0.15, -0.1) is 10.2 Å². The van der Waals surface area contributed by atoms with Crippen molar-refractivity contribution in [3.63, 3.8) is 0 Å². The molecule has 0 radical (unpaired) electrons. The first-order chi connectivity index (χ1) is 13.2. The summed E-state index contributed by atoms with van der Waals surface area (Å²) in [5.74, 6) is 1.80. The zero-order valence-corrected chi connectivity index (χ0v) is 18.0. The van der Waals surface area contributed by atoms with Gasteiger partial charge >= 0.3 is 0 Å². The minimum atomic E-state index is -2.90. The van der Waals surface area contributed by atoms with E-state index in [4.69, 9.17) is 0 Å². The number of para-hydroxylation sites is 1. The third-order valence-electron chi connectivity index (χ3n) is 4.91. The minimum absolute atomic E-state index is 0.0930. The van der Waals surface area contributed by atoms with Crippen molar-refractivity contribution in [2.24, 2.45) is 13.0 Å². The maximum absolute atomic E-state index is 12.4. The third-order valence-corrected chi connectivity index (χ3v) is 7.77. The fourth-order valence-corrected chi connectivity index (χ4v) is 5.96. The van der Waals surface area contributed by atoms with Gasteiger partial charge in [0.2, 0.25) is 5.91 Å². The van der Waals surface area contributed by atoms with E-state index < -0.39 is 9.84 Å². The lowest BCUT2D eigenvalue weighted by Gasteiger charge is -2.13. The molecule has 1 saturated heterocycles. The van der Waals surface area contributed by atoms with Crippen LogP contribution < -0.4 is 5.32 Å². The van der Waals surface area contributed by atoms with Crippen LogP contribution >= 0.6 is 11.8 Å². The maximum atomic E-state index is 12.4. The Balaban J connectivity index is 1.57. The van der Waals surface area contributed by atoms with Crippen LogP contribution in [0, 0.1) is 5.92 Å². The van der Waals surface area contributed by atoms with Crippen LogP contribution in [-0.2, 0) is 28.1 Å². The van der Waals surface area contributed by atoms with E-state index in [0.29, 0.717) is 23.9 Å². The number of carbonyl (C=O) groups excluding carboxylic acids is 1. The summed E-state index contributed by atoms with van der Waals surface area (Å²) in [5, 5.41) is 12.0. The Morgan fingerprint density at radius 2 is 2.07 bits per heavy atom. The van der Waals surface area contributed by atoms with Crippen molar-refractivity contribution in [1.82, 2.24) is 14.8 Å². The highest BCUT2D eigenvalue weighted by molar-refractivity contribution is 7.99. The molecule has 0 saturated carbocycles. The SMILES string of the molecule is CC(C)c1ccccc1NC(=O)CSc1nnc(C[C@H]2CCS(=O)(=O)C2)n1C. The van der Waals surface area contributed by atoms with Crippen molar-refractivity contribution >= 4 is 33.2 Å². The first-order valence-electron chi connectivity index (χ1n) is 9.35. The quantitative estimate of drug-likeness (QED) is 0.690. The predicted molar refractivity (Wildman–Crippen MR) is 111 cm³/mol. The molecule has 1 aliphatic heterocycles. The number of rotatable bonds is 7. The van der Waals surface area contributed by atoms with Gasteiger partial charge in [-0.3, -0.25) is 4.79 Å². The summed E-state index contributed by atoms with van der Waals surface area (Å²) >= 11 is 1.33. The lowest BCUT2D eigenvalue weighted by molar-refractivity contribution is -0.113. The Morgan fingerprint density at radius 3 is 2.75 bits per heavy atom. The summed E-state index contributed by atoms with van der Waals surface area (Å²) in [6.07, 6.45) is 1.27. The van der Waals surface area contributed by atoms with E-state index >= 15 is 0 Å². The van der Waals surface area contributed by atoms with E-state index in [2.05, 4.69) is 29.4 Å². The number of carbonyl (C=O) groups is 1. The van der Waals surface area contributed by atoms with Crippen molar-refractivity contribution in [2.75, 3.05) is 22.6 Å². The molecule has 152 valence electrons. The van der Waals surface area contributed by atoms with Gasteiger partial charge < -0.3 is 9.88 Å². The van der Waals surface area contributed by atoms with Crippen molar-refractivity contribution in [1.29, 1.82) is 0 Å². The smallest absolute Gasteiger partial charge is 0.234 e. The second-order valence-electron chi connectivity index (χ2n) is 7.51. The molecule has 2 aromatic rings. The van der Waals surface area contributed by atoms with E-state index in [0.717, 1.165) is 17.1 Å². The van der Waals surface area contributed by atoms with Crippen LogP contribution in [0.5, 0.6) is 0 Å². The number of nitrogens with one attached hydrogen (secondary N) is 1. The van der Waals surface area contributed by atoms with E-state index in [1.807, 2.05) is 35.9 Å². The van der Waals surface area contributed by atoms with Crippen LogP contribution in [0.1, 0.15) is 37.6 Å². The van der Waals surface area contributed by atoms with Crippen molar-refractivity contribution < 1.29 is 13.2 Å². The van der Waals surface area contributed by atoms with Crippen LogP contribution in [0.25, 0.3) is 0 Å². The molecule has 9 heteroatoms. The second kappa shape index (κ2) is 8.65. The lowest BCUT2D eigenvalue weighted by atomic mass is 10.0. The second-order valence-corrected chi connectivity index (χ2v) is 10.7. The molecule has 0 unspecified atom stereocenters. The molecular formula is C19H26N4O3S2. The standard InChI is InChI=1S/C19H26N4O3S2/c1-13(2)15-6-4-5-7-16(15)20-18(24)11-27-19-22-21-17(23(19)3)10-14-8-9-28(25,26)12-14/h4-7,13-14H,8-12H2,1-3H3,(H,20,24)/t14-/m1/s1. The summed E-state index contributed by atoms with van der Waals surface area (Å²) in [5.41, 5.74) is 1.94. The van der Waals surface area contributed by atoms with Crippen molar-refractivity contribution in [3.05, 3.63) is 35.7 Å². The van der Waals surface area contributed by atoms with Gasteiger partial charge in [-0.2, -0.15) is 0 Å². The molecule has 0 aliphatic carbocycles. The summed E-state index contributed by atoms with van der Waals surface area (Å²) in [6, 6.07) is 7.81. The maximum Gasteiger partial charge on any atom is 0.234 e. The van der Waals surface area contributed by atoms with Crippen LogP contribution in [0.2, 0.25) is 0 Å². The fourth-order valence-electron chi connectivity index (χ4n) is 3.37. The molecule has 7 nitrogen and oxygen atoms in total. The summed E-state index contributed by atoms with van der Waals surface area (Å²) in [4.78, 5) is 12.4. The van der Waals surface area contributed by atoms with Crippen LogP contribution in [0.3, 0.4) is 0 Å². The summed E-state index contributed by atoms with van der Waals surface area (Å²) in [7, 11) is -1.04. The number of benzene rings is 1. The van der Waals surface area contributed by atoms with Gasteiger partial charge in [0.15, 0.2) is 15.0 Å². The van der Waals surface area contributed by atoms with E-state index in [9.17, 15) is 13.2 Å². The Bertz CT molecular complexity index is 954. The van der Waals surface area contributed by atoms with Crippen LogP contribution in [-0.4, -0.2) is 46.3 Å². The molecule has 1 atom stereocenters. The molecule has 1 fully saturated rings. The zero-order chi connectivity index (χ0) is 20.3. The van der Waals surface area contributed by atoms with Gasteiger partial charge in [0, 0.05) is 19.2 Å². The topological polar surface area (TPSA) is 94.0 Å². The van der Waals surface area contributed by atoms with Crippen molar-refractivity contribution in [2.45, 2.75) is 37.8 Å². The molecule has 1 amide bonds. The molecule has 3 rings (SSSR count). The van der Waals surface area contributed by atoms with E-state index in [-0.39, 0.29) is 29.1 Å². The minimum Gasteiger partial charge on any atom is -0.325 e. The average molecular weight is 423 g/mol. The van der Waals surface area contributed by atoms with Gasteiger partial charge in [0.1, 0.15) is 5.82 Å². The summed E-state index contributed by atoms with van der Waals surface area (Å²) < 4.78 is 25.1. The Kier molecular flexibility index (Phi) is 6.44. The molecule has 28 heavy (non-hydrogen) atoms. The van der Waals surface area contributed by atoms with Gasteiger partial charge in [0.05, 0.1) is 17.3 Å². The number of hydrogen-bond acceptors (Lipinski definition) is 6. The van der Waals surface area contributed by atoms with Gasteiger partial charge in [0.25, 0.3) is 0 Å². The lowest BCUT2D eigenvalue weighted by Crippen LogP contribution is -2.16. The van der Waals surface area contributed by atoms with Crippen LogP contribution in [0.15, 0.2) is 29.4 Å². The van der Waals surface area contributed by atoms with E-state index in [1.165, 1.54) is 11.8 Å². The van der Waals surface area contributed by atoms with Gasteiger partial charge in [-0.05, 0) is 29.9 Å². The Hall–Kier alpha value is -1.87. The normalized spacial score (nSPS) is 18.5. The molecule has 1 aromatic heterocycles. The first kappa shape index (κ1) is 20.9. The molecule has 0 spiro atoms. The highest BCUT2D eigenvalue weighted by atomic mass is 32.2. The first-order valence-corrected chi connectivity index (χ1v) is 12.2. The van der Waals surface area contributed by atoms with Crippen molar-refractivity contribution in [3.8, 4) is 0 Å². The molecule has 2 heterocycles. The van der Waals surface area contributed by atoms with E-state index in [1.54, 1.807) is 0 Å². The van der Waals surface area contributed by atoms with Gasteiger partial charge in [-0.25, -0.2) is 8.42 Å². The summed E-state index contributed by atoms with van der Waals surface area (Å²) in [6.45, 7) is 4.19. The number of hydrogen-bond donors (Lipinski definition) is 1. The highest BCUT2D eigenvalue weighted by Gasteiger charge is 2.29. The number of sulfone groups is 1. The van der Waals surface area contributed by atoms with Crippen LogP contribution in [0.4, 0.5) is 5.69 Å². The molecule has 1 aromatic carbocycles. The Labute approximate surface area is 170 Å². The average Bonchev–Trinajstić information content (AvgIpc) is 3.16. The molecule has 1 N–H and O–H groups in total. The molecule has 1 aliphatic rings. The molecular weight excluding hydrogens is 396 g/mol. The highest BCUT2D eigenvalue weighted by Crippen LogP contribution is 2.25. The fraction of sp³-hybridized carbons (Fsp3) is 0.526. The van der Waals surface area contributed by atoms with Gasteiger partial charge in [-0.1, -0.05) is 43.8 Å².